The summed E-state index contributed by atoms with van der Waals surface area (Å²) >= 11 is 0. The first-order valence-corrected chi connectivity index (χ1v) is 8.45. The van der Waals surface area contributed by atoms with Crippen LogP contribution in [-0.4, -0.2) is 14.5 Å². The number of nitrogens with zero attached hydrogens (tertiary/aromatic N) is 3. The van der Waals surface area contributed by atoms with Crippen LogP contribution in [-0.2, 0) is 6.54 Å². The SMILES string of the molecule is CC(NCc1cccc2cccnc12)c1ccc(-n2ccnc2)cc1. The quantitative estimate of drug-likeness (QED) is 0.595. The van der Waals surface area contributed by atoms with E-state index in [9.17, 15) is 0 Å². The maximum absolute atomic E-state index is 4.52. The Bertz CT molecular complexity index is 954. The molecule has 25 heavy (non-hydrogen) atoms. The number of nitrogens with one attached hydrogen (secondary N) is 1. The zero-order valence-electron chi connectivity index (χ0n) is 14.1. The minimum Gasteiger partial charge on any atom is -0.306 e. The Balaban J connectivity index is 1.47. The van der Waals surface area contributed by atoms with Crippen LogP contribution in [0.4, 0.5) is 0 Å². The van der Waals surface area contributed by atoms with E-state index >= 15 is 0 Å². The average molecular weight is 328 g/mol. The summed E-state index contributed by atoms with van der Waals surface area (Å²) in [6, 6.07) is 19.2. The fraction of sp³-hybridized carbons (Fsp3) is 0.143. The number of para-hydroxylation sites is 1. The van der Waals surface area contributed by atoms with Crippen LogP contribution < -0.4 is 5.32 Å². The first-order chi connectivity index (χ1) is 12.3. The second-order valence-corrected chi connectivity index (χ2v) is 6.16. The number of aromatic nitrogens is 3. The van der Waals surface area contributed by atoms with Crippen molar-refractivity contribution in [3.05, 3.63) is 90.6 Å². The van der Waals surface area contributed by atoms with Crippen molar-refractivity contribution in [1.29, 1.82) is 0 Å². The highest BCUT2D eigenvalue weighted by Gasteiger charge is 2.07. The summed E-state index contributed by atoms with van der Waals surface area (Å²) in [7, 11) is 0. The highest BCUT2D eigenvalue weighted by atomic mass is 15.0. The third-order valence-corrected chi connectivity index (χ3v) is 4.51. The van der Waals surface area contributed by atoms with Crippen molar-refractivity contribution in [3.63, 3.8) is 0 Å². The van der Waals surface area contributed by atoms with Crippen LogP contribution in [0.25, 0.3) is 16.6 Å². The molecule has 2 heterocycles. The van der Waals surface area contributed by atoms with Crippen LogP contribution in [0.2, 0.25) is 0 Å². The summed E-state index contributed by atoms with van der Waals surface area (Å²) in [4.78, 5) is 8.61. The van der Waals surface area contributed by atoms with E-state index < -0.39 is 0 Å². The third-order valence-electron chi connectivity index (χ3n) is 4.51. The van der Waals surface area contributed by atoms with Gasteiger partial charge in [0.2, 0.25) is 0 Å². The van der Waals surface area contributed by atoms with Crippen molar-refractivity contribution >= 4 is 10.9 Å². The summed E-state index contributed by atoms with van der Waals surface area (Å²) in [5, 5.41) is 4.78. The van der Waals surface area contributed by atoms with Crippen LogP contribution in [0.3, 0.4) is 0 Å². The van der Waals surface area contributed by atoms with Gasteiger partial charge >= 0.3 is 0 Å². The Morgan fingerprint density at radius 3 is 2.64 bits per heavy atom. The first-order valence-electron chi connectivity index (χ1n) is 8.45. The Kier molecular flexibility index (Phi) is 4.27. The molecule has 4 rings (SSSR count). The number of hydrogen-bond acceptors (Lipinski definition) is 3. The van der Waals surface area contributed by atoms with E-state index in [0.29, 0.717) is 0 Å². The Morgan fingerprint density at radius 2 is 1.84 bits per heavy atom. The normalized spacial score (nSPS) is 12.4. The predicted molar refractivity (Wildman–Crippen MR) is 101 cm³/mol. The number of imidazole rings is 1. The number of rotatable bonds is 5. The third kappa shape index (κ3) is 3.30. The van der Waals surface area contributed by atoms with Gasteiger partial charge < -0.3 is 9.88 Å². The van der Waals surface area contributed by atoms with Crippen LogP contribution >= 0.6 is 0 Å². The summed E-state index contributed by atoms with van der Waals surface area (Å²) in [6.45, 7) is 2.98. The van der Waals surface area contributed by atoms with Gasteiger partial charge in [-0.3, -0.25) is 4.98 Å². The Morgan fingerprint density at radius 1 is 1.00 bits per heavy atom. The van der Waals surface area contributed by atoms with E-state index in [1.54, 1.807) is 6.20 Å². The fourth-order valence-electron chi connectivity index (χ4n) is 3.04. The van der Waals surface area contributed by atoms with Gasteiger partial charge in [0.25, 0.3) is 0 Å². The van der Waals surface area contributed by atoms with Gasteiger partial charge in [-0.25, -0.2) is 4.98 Å². The molecule has 1 N–H and O–H groups in total. The molecule has 0 aliphatic rings. The predicted octanol–water partition coefficient (Wildman–Crippen LogP) is 4.27. The molecule has 0 aliphatic heterocycles. The van der Waals surface area contributed by atoms with Crippen molar-refractivity contribution in [2.75, 3.05) is 0 Å². The van der Waals surface area contributed by atoms with Gasteiger partial charge in [0, 0.05) is 42.3 Å². The van der Waals surface area contributed by atoms with E-state index in [2.05, 4.69) is 70.7 Å². The molecule has 4 heteroatoms. The Hall–Kier alpha value is -2.98. The van der Waals surface area contributed by atoms with E-state index in [0.717, 1.165) is 17.7 Å². The van der Waals surface area contributed by atoms with Crippen molar-refractivity contribution in [3.8, 4) is 5.69 Å². The molecule has 124 valence electrons. The lowest BCUT2D eigenvalue weighted by atomic mass is 10.1. The van der Waals surface area contributed by atoms with Gasteiger partial charge in [0.05, 0.1) is 11.8 Å². The largest absolute Gasteiger partial charge is 0.306 e. The van der Waals surface area contributed by atoms with E-state index in [1.807, 2.05) is 29.4 Å². The molecule has 0 bridgehead atoms. The number of hydrogen-bond donors (Lipinski definition) is 1. The molecular formula is C21H20N4. The number of pyridine rings is 1. The van der Waals surface area contributed by atoms with Gasteiger partial charge in [-0.15, -0.1) is 0 Å². The molecule has 2 aromatic heterocycles. The molecule has 4 nitrogen and oxygen atoms in total. The smallest absolute Gasteiger partial charge is 0.0991 e. The minimum absolute atomic E-state index is 0.260. The van der Waals surface area contributed by atoms with E-state index in [1.165, 1.54) is 16.5 Å². The summed E-state index contributed by atoms with van der Waals surface area (Å²) in [5.74, 6) is 0. The molecule has 0 radical (unpaired) electrons. The van der Waals surface area contributed by atoms with Crippen molar-refractivity contribution in [2.24, 2.45) is 0 Å². The molecule has 0 spiro atoms. The zero-order valence-corrected chi connectivity index (χ0v) is 14.1. The topological polar surface area (TPSA) is 42.7 Å². The first kappa shape index (κ1) is 15.5. The monoisotopic (exact) mass is 328 g/mol. The fourth-order valence-corrected chi connectivity index (χ4v) is 3.04. The lowest BCUT2D eigenvalue weighted by Gasteiger charge is -2.16. The Labute approximate surface area is 147 Å². The van der Waals surface area contributed by atoms with Crippen molar-refractivity contribution in [2.45, 2.75) is 19.5 Å². The van der Waals surface area contributed by atoms with E-state index in [4.69, 9.17) is 0 Å². The maximum Gasteiger partial charge on any atom is 0.0991 e. The van der Waals surface area contributed by atoms with Crippen LogP contribution in [0.5, 0.6) is 0 Å². The van der Waals surface area contributed by atoms with Gasteiger partial charge in [-0.05, 0) is 36.2 Å². The van der Waals surface area contributed by atoms with Gasteiger partial charge in [-0.1, -0.05) is 36.4 Å². The lowest BCUT2D eigenvalue weighted by Crippen LogP contribution is -2.18. The standard InChI is InChI=1S/C21H20N4/c1-16(17-7-9-20(10-8-17)25-13-12-22-15-25)24-14-19-5-2-4-18-6-3-11-23-21(18)19/h2-13,15-16,24H,14H2,1H3. The minimum atomic E-state index is 0.260. The molecule has 1 unspecified atom stereocenters. The molecular weight excluding hydrogens is 308 g/mol. The second-order valence-electron chi connectivity index (χ2n) is 6.16. The molecule has 1 atom stereocenters. The van der Waals surface area contributed by atoms with Gasteiger partial charge in [-0.2, -0.15) is 0 Å². The molecule has 4 aromatic rings. The zero-order chi connectivity index (χ0) is 17.1. The summed E-state index contributed by atoms with van der Waals surface area (Å²) in [6.07, 6.45) is 7.40. The number of benzene rings is 2. The van der Waals surface area contributed by atoms with E-state index in [-0.39, 0.29) is 6.04 Å². The van der Waals surface area contributed by atoms with Crippen LogP contribution in [0, 0.1) is 0 Å². The molecule has 0 saturated carbocycles. The molecule has 2 aromatic carbocycles. The molecule has 0 amide bonds. The van der Waals surface area contributed by atoms with Crippen molar-refractivity contribution in [1.82, 2.24) is 19.9 Å². The average Bonchev–Trinajstić information content (AvgIpc) is 3.21. The second kappa shape index (κ2) is 6.87. The lowest BCUT2D eigenvalue weighted by molar-refractivity contribution is 0.576. The molecule has 0 saturated heterocycles. The van der Waals surface area contributed by atoms with Crippen molar-refractivity contribution < 1.29 is 0 Å². The van der Waals surface area contributed by atoms with Gasteiger partial charge in [0.1, 0.15) is 0 Å². The summed E-state index contributed by atoms with van der Waals surface area (Å²) in [5.41, 5.74) is 4.67. The number of fused-ring (bicyclic) bond motifs is 1. The molecule has 0 fully saturated rings. The molecule has 0 aliphatic carbocycles. The van der Waals surface area contributed by atoms with Crippen LogP contribution in [0.1, 0.15) is 24.1 Å². The van der Waals surface area contributed by atoms with Gasteiger partial charge in [0.15, 0.2) is 0 Å². The highest BCUT2D eigenvalue weighted by molar-refractivity contribution is 5.81. The van der Waals surface area contributed by atoms with Crippen LogP contribution in [0.15, 0.2) is 79.5 Å². The maximum atomic E-state index is 4.52. The highest BCUT2D eigenvalue weighted by Crippen LogP contribution is 2.19. The summed E-state index contributed by atoms with van der Waals surface area (Å²) < 4.78 is 2.00.